The Morgan fingerprint density at radius 1 is 1.29 bits per heavy atom. The van der Waals surface area contributed by atoms with Gasteiger partial charge >= 0.3 is 0 Å². The van der Waals surface area contributed by atoms with Crippen molar-refractivity contribution in [1.29, 1.82) is 0 Å². The molecule has 6 heteroatoms. The third-order valence-corrected chi connectivity index (χ3v) is 3.40. The van der Waals surface area contributed by atoms with E-state index in [1.165, 1.54) is 5.57 Å². The number of hydrazone groups is 1. The summed E-state index contributed by atoms with van der Waals surface area (Å²) in [6.07, 6.45) is 3.75. The van der Waals surface area contributed by atoms with Crippen molar-refractivity contribution in [3.8, 4) is 0 Å². The lowest BCUT2D eigenvalue weighted by Crippen LogP contribution is -2.23. The van der Waals surface area contributed by atoms with Gasteiger partial charge in [0.25, 0.3) is 11.5 Å². The first-order chi connectivity index (χ1) is 10.1. The molecule has 2 N–H and O–H groups in total. The zero-order valence-corrected chi connectivity index (χ0v) is 11.5. The number of hydrogen-bond acceptors (Lipinski definition) is 4. The van der Waals surface area contributed by atoms with Crippen LogP contribution in [-0.4, -0.2) is 21.8 Å². The molecule has 0 saturated carbocycles. The van der Waals surface area contributed by atoms with E-state index < -0.39 is 5.91 Å². The molecule has 3 rings (SSSR count). The molecule has 106 valence electrons. The van der Waals surface area contributed by atoms with E-state index >= 15 is 0 Å². The van der Waals surface area contributed by atoms with E-state index in [1.54, 1.807) is 24.3 Å². The molecule has 1 aliphatic rings. The van der Waals surface area contributed by atoms with E-state index in [0.29, 0.717) is 10.8 Å². The highest BCUT2D eigenvalue weighted by molar-refractivity contribution is 6.05. The number of benzene rings is 1. The summed E-state index contributed by atoms with van der Waals surface area (Å²) in [6, 6.07) is 6.85. The van der Waals surface area contributed by atoms with E-state index in [0.717, 1.165) is 18.6 Å². The molecule has 0 unspecified atom stereocenters. The molecule has 2 aromatic rings. The third kappa shape index (κ3) is 2.60. The third-order valence-electron chi connectivity index (χ3n) is 3.40. The molecule has 0 saturated heterocycles. The van der Waals surface area contributed by atoms with Crippen molar-refractivity contribution >= 4 is 22.4 Å². The van der Waals surface area contributed by atoms with Gasteiger partial charge in [0.2, 0.25) is 0 Å². The number of allylic oxidation sites excluding steroid dienone is 2. The topological polar surface area (TPSA) is 87.2 Å². The molecule has 0 spiro atoms. The molecule has 1 amide bonds. The highest BCUT2D eigenvalue weighted by Gasteiger charge is 2.14. The van der Waals surface area contributed by atoms with Gasteiger partial charge in [-0.25, -0.2) is 10.5 Å². The van der Waals surface area contributed by atoms with Gasteiger partial charge in [0.1, 0.15) is 0 Å². The number of amides is 1. The van der Waals surface area contributed by atoms with Crippen molar-refractivity contribution in [3.05, 3.63) is 52.0 Å². The van der Waals surface area contributed by atoms with Crippen LogP contribution in [0.2, 0.25) is 0 Å². The quantitative estimate of drug-likeness (QED) is 0.823. The highest BCUT2D eigenvalue weighted by Crippen LogP contribution is 2.15. The van der Waals surface area contributed by atoms with Crippen LogP contribution in [0.1, 0.15) is 30.3 Å². The fraction of sp³-hybridized carbons (Fsp3) is 0.200. The monoisotopic (exact) mass is 282 g/mol. The highest BCUT2D eigenvalue weighted by atomic mass is 16.2. The summed E-state index contributed by atoms with van der Waals surface area (Å²) in [5.41, 5.74) is 4.42. The fourth-order valence-corrected chi connectivity index (χ4v) is 2.31. The number of aromatic nitrogens is 2. The van der Waals surface area contributed by atoms with Crippen LogP contribution < -0.4 is 11.0 Å². The molecule has 0 radical (unpaired) electrons. The first-order valence-electron chi connectivity index (χ1n) is 6.66. The molecule has 0 bridgehead atoms. The van der Waals surface area contributed by atoms with Gasteiger partial charge in [-0.3, -0.25) is 9.59 Å². The first kappa shape index (κ1) is 13.2. The molecule has 0 aliphatic heterocycles. The van der Waals surface area contributed by atoms with Gasteiger partial charge in [-0.1, -0.05) is 23.8 Å². The largest absolute Gasteiger partial charge is 0.292 e. The number of carbonyl (C=O) groups excluding carboxylic acids is 1. The van der Waals surface area contributed by atoms with Crippen LogP contribution in [-0.2, 0) is 0 Å². The summed E-state index contributed by atoms with van der Waals surface area (Å²) in [6.45, 7) is 2.03. The number of hydrogen-bond donors (Lipinski definition) is 2. The van der Waals surface area contributed by atoms with Crippen LogP contribution in [0, 0.1) is 0 Å². The van der Waals surface area contributed by atoms with Gasteiger partial charge in [0, 0.05) is 5.39 Å². The summed E-state index contributed by atoms with van der Waals surface area (Å²) in [4.78, 5) is 23.9. The van der Waals surface area contributed by atoms with Crippen LogP contribution in [0.3, 0.4) is 0 Å². The summed E-state index contributed by atoms with van der Waals surface area (Å²) < 4.78 is 0. The van der Waals surface area contributed by atoms with Crippen molar-refractivity contribution in [2.75, 3.05) is 0 Å². The molecule has 0 atom stereocenters. The maximum absolute atomic E-state index is 12.2. The molecular weight excluding hydrogens is 268 g/mol. The summed E-state index contributed by atoms with van der Waals surface area (Å²) in [5.74, 6) is -0.437. The maximum atomic E-state index is 12.2. The average molecular weight is 282 g/mol. The lowest BCUT2D eigenvalue weighted by atomic mass is 10.1. The number of aromatic amines is 1. The minimum atomic E-state index is -0.437. The minimum Gasteiger partial charge on any atom is -0.267 e. The number of rotatable bonds is 2. The molecule has 1 aromatic carbocycles. The maximum Gasteiger partial charge on any atom is 0.292 e. The van der Waals surface area contributed by atoms with E-state index in [9.17, 15) is 9.59 Å². The van der Waals surface area contributed by atoms with Crippen LogP contribution in [0.5, 0.6) is 0 Å². The van der Waals surface area contributed by atoms with Gasteiger partial charge < -0.3 is 0 Å². The van der Waals surface area contributed by atoms with Crippen LogP contribution >= 0.6 is 0 Å². The number of carbonyl (C=O) groups is 1. The second-order valence-electron chi connectivity index (χ2n) is 4.98. The molecule has 6 nitrogen and oxygen atoms in total. The number of nitrogens with one attached hydrogen (secondary N) is 2. The zero-order chi connectivity index (χ0) is 14.8. The van der Waals surface area contributed by atoms with Crippen molar-refractivity contribution < 1.29 is 4.79 Å². The zero-order valence-electron chi connectivity index (χ0n) is 11.5. The number of nitrogens with zero attached hydrogens (tertiary/aromatic N) is 2. The van der Waals surface area contributed by atoms with E-state index in [1.807, 2.05) is 13.0 Å². The predicted octanol–water partition coefficient (Wildman–Crippen LogP) is 1.75. The lowest BCUT2D eigenvalue weighted by Gasteiger charge is -2.03. The Bertz CT molecular complexity index is 833. The second-order valence-corrected chi connectivity index (χ2v) is 4.98. The smallest absolute Gasteiger partial charge is 0.267 e. The minimum absolute atomic E-state index is 0.160. The second kappa shape index (κ2) is 5.32. The Hall–Kier alpha value is -2.76. The first-order valence-corrected chi connectivity index (χ1v) is 6.66. The molecule has 0 fully saturated rings. The summed E-state index contributed by atoms with van der Waals surface area (Å²) >= 11 is 0. The van der Waals surface area contributed by atoms with Gasteiger partial charge in [-0.2, -0.15) is 10.2 Å². The van der Waals surface area contributed by atoms with Crippen molar-refractivity contribution in [1.82, 2.24) is 15.6 Å². The fourth-order valence-electron chi connectivity index (χ4n) is 2.31. The van der Waals surface area contributed by atoms with Gasteiger partial charge in [-0.05, 0) is 31.9 Å². The van der Waals surface area contributed by atoms with E-state index in [-0.39, 0.29) is 11.3 Å². The normalized spacial score (nSPS) is 16.2. The number of H-pyrrole nitrogens is 1. The lowest BCUT2D eigenvalue weighted by molar-refractivity contribution is 0.0950. The molecule has 1 heterocycles. The van der Waals surface area contributed by atoms with Crippen molar-refractivity contribution in [3.63, 3.8) is 0 Å². The Labute approximate surface area is 120 Å². The molecule has 1 aromatic heterocycles. The predicted molar refractivity (Wildman–Crippen MR) is 80.3 cm³/mol. The Kier molecular flexibility index (Phi) is 3.35. The Morgan fingerprint density at radius 2 is 2.05 bits per heavy atom. The standard InChI is InChI=1S/C15H14N4O2/c1-9-6-7-10(8-9)16-19-15(21)13-11-4-2-3-5-12(11)14(20)18-17-13/h2-5,8H,6-7H2,1H3,(H,18,20)(H,19,21)/b16-10-. The van der Waals surface area contributed by atoms with E-state index in [2.05, 4.69) is 20.7 Å². The van der Waals surface area contributed by atoms with Gasteiger partial charge in [-0.15, -0.1) is 0 Å². The summed E-state index contributed by atoms with van der Waals surface area (Å²) in [5, 5.41) is 11.2. The molecule has 1 aliphatic carbocycles. The van der Waals surface area contributed by atoms with Crippen LogP contribution in [0.25, 0.3) is 10.8 Å². The Balaban J connectivity index is 1.92. The van der Waals surface area contributed by atoms with Gasteiger partial charge in [0.05, 0.1) is 11.1 Å². The Morgan fingerprint density at radius 3 is 2.76 bits per heavy atom. The average Bonchev–Trinajstić information content (AvgIpc) is 2.91. The number of fused-ring (bicyclic) bond motifs is 1. The van der Waals surface area contributed by atoms with Crippen molar-refractivity contribution in [2.24, 2.45) is 5.10 Å². The van der Waals surface area contributed by atoms with E-state index in [4.69, 9.17) is 0 Å². The van der Waals surface area contributed by atoms with Crippen LogP contribution in [0.4, 0.5) is 0 Å². The van der Waals surface area contributed by atoms with Crippen molar-refractivity contribution in [2.45, 2.75) is 19.8 Å². The molecular formula is C15H14N4O2. The SMILES string of the molecule is CC1=C/C(=N\NC(=O)c2n[nH]c(=O)c3ccccc23)CC1. The van der Waals surface area contributed by atoms with Gasteiger partial charge in [0.15, 0.2) is 5.69 Å². The summed E-state index contributed by atoms with van der Waals surface area (Å²) in [7, 11) is 0. The van der Waals surface area contributed by atoms with Crippen LogP contribution in [0.15, 0.2) is 45.8 Å². The molecule has 21 heavy (non-hydrogen) atoms.